The van der Waals surface area contributed by atoms with Crippen LogP contribution >= 0.6 is 0 Å². The van der Waals surface area contributed by atoms with Gasteiger partial charge in [0.2, 0.25) is 5.91 Å². The molecule has 0 spiro atoms. The SMILES string of the molecule is Cc1cccc(N2C(=O)CN(CCCc3ccccc3)C3CS(=O)(=O)CC32)c1. The van der Waals surface area contributed by atoms with Crippen LogP contribution in [-0.4, -0.2) is 55.9 Å². The molecule has 5 nitrogen and oxygen atoms in total. The van der Waals surface area contributed by atoms with E-state index in [4.69, 9.17) is 0 Å². The van der Waals surface area contributed by atoms with Gasteiger partial charge in [-0.05, 0) is 49.6 Å². The van der Waals surface area contributed by atoms with Crippen molar-refractivity contribution in [2.45, 2.75) is 31.8 Å². The second-order valence-electron chi connectivity index (χ2n) is 7.87. The third kappa shape index (κ3) is 3.98. The van der Waals surface area contributed by atoms with Gasteiger partial charge in [0.05, 0.1) is 24.1 Å². The number of rotatable bonds is 5. The van der Waals surface area contributed by atoms with Gasteiger partial charge in [-0.15, -0.1) is 0 Å². The molecule has 28 heavy (non-hydrogen) atoms. The number of nitrogens with zero attached hydrogens (tertiary/aromatic N) is 2. The minimum absolute atomic E-state index is 0.0105. The average Bonchev–Trinajstić information content (AvgIpc) is 2.97. The van der Waals surface area contributed by atoms with Crippen molar-refractivity contribution in [2.24, 2.45) is 0 Å². The highest BCUT2D eigenvalue weighted by molar-refractivity contribution is 7.91. The van der Waals surface area contributed by atoms with Crippen LogP contribution in [-0.2, 0) is 21.1 Å². The van der Waals surface area contributed by atoms with E-state index < -0.39 is 9.84 Å². The summed E-state index contributed by atoms with van der Waals surface area (Å²) in [6, 6.07) is 17.6. The predicted octanol–water partition coefficient (Wildman–Crippen LogP) is 2.44. The third-order valence-electron chi connectivity index (χ3n) is 5.73. The number of aryl methyl sites for hydroxylation is 2. The number of benzene rings is 2. The minimum Gasteiger partial charge on any atom is -0.306 e. The molecule has 2 aliphatic heterocycles. The molecule has 0 bridgehead atoms. The first kappa shape index (κ1) is 19.2. The zero-order chi connectivity index (χ0) is 19.7. The highest BCUT2D eigenvalue weighted by Gasteiger charge is 2.49. The van der Waals surface area contributed by atoms with E-state index in [9.17, 15) is 13.2 Å². The highest BCUT2D eigenvalue weighted by atomic mass is 32.2. The Morgan fingerprint density at radius 2 is 1.75 bits per heavy atom. The van der Waals surface area contributed by atoms with Crippen molar-refractivity contribution >= 4 is 21.4 Å². The zero-order valence-corrected chi connectivity index (χ0v) is 16.9. The topological polar surface area (TPSA) is 57.7 Å². The number of hydrogen-bond donors (Lipinski definition) is 0. The van der Waals surface area contributed by atoms with Crippen molar-refractivity contribution in [3.05, 3.63) is 65.7 Å². The summed E-state index contributed by atoms with van der Waals surface area (Å²) in [5, 5.41) is 0. The molecule has 2 saturated heterocycles. The van der Waals surface area contributed by atoms with Crippen molar-refractivity contribution < 1.29 is 13.2 Å². The molecule has 2 fully saturated rings. The van der Waals surface area contributed by atoms with Gasteiger partial charge < -0.3 is 4.90 Å². The lowest BCUT2D eigenvalue weighted by atomic mass is 10.0. The van der Waals surface area contributed by atoms with Crippen LogP contribution in [0.2, 0.25) is 0 Å². The lowest BCUT2D eigenvalue weighted by Gasteiger charge is -2.43. The van der Waals surface area contributed by atoms with E-state index in [0.717, 1.165) is 30.6 Å². The summed E-state index contributed by atoms with van der Waals surface area (Å²) in [4.78, 5) is 16.8. The van der Waals surface area contributed by atoms with E-state index in [1.165, 1.54) is 5.56 Å². The monoisotopic (exact) mass is 398 g/mol. The molecule has 4 rings (SSSR count). The molecule has 6 heteroatoms. The molecule has 2 aliphatic rings. The molecule has 0 N–H and O–H groups in total. The van der Waals surface area contributed by atoms with Gasteiger partial charge in [-0.1, -0.05) is 42.5 Å². The number of fused-ring (bicyclic) bond motifs is 1. The van der Waals surface area contributed by atoms with Crippen LogP contribution in [0.1, 0.15) is 17.5 Å². The number of sulfone groups is 1. The van der Waals surface area contributed by atoms with Crippen LogP contribution in [0.5, 0.6) is 0 Å². The maximum atomic E-state index is 13.0. The summed E-state index contributed by atoms with van der Waals surface area (Å²) < 4.78 is 24.8. The Hall–Kier alpha value is -2.18. The summed E-state index contributed by atoms with van der Waals surface area (Å²) in [7, 11) is -3.15. The van der Waals surface area contributed by atoms with Gasteiger partial charge in [-0.2, -0.15) is 0 Å². The Balaban J connectivity index is 1.53. The minimum atomic E-state index is -3.15. The van der Waals surface area contributed by atoms with Crippen LogP contribution in [0.4, 0.5) is 5.69 Å². The Morgan fingerprint density at radius 3 is 2.50 bits per heavy atom. The van der Waals surface area contributed by atoms with Crippen LogP contribution in [0.15, 0.2) is 54.6 Å². The molecular weight excluding hydrogens is 372 g/mol. The number of hydrogen-bond acceptors (Lipinski definition) is 4. The van der Waals surface area contributed by atoms with Crippen molar-refractivity contribution in [1.82, 2.24) is 4.90 Å². The van der Waals surface area contributed by atoms with E-state index in [0.29, 0.717) is 0 Å². The number of carbonyl (C=O) groups excluding carboxylic acids is 1. The number of amides is 1. The van der Waals surface area contributed by atoms with E-state index >= 15 is 0 Å². The molecule has 2 unspecified atom stereocenters. The lowest BCUT2D eigenvalue weighted by molar-refractivity contribution is -0.123. The first-order chi connectivity index (χ1) is 13.4. The molecule has 0 aliphatic carbocycles. The van der Waals surface area contributed by atoms with Gasteiger partial charge in [-0.25, -0.2) is 8.42 Å². The normalized spacial score (nSPS) is 24.3. The molecule has 148 valence electrons. The molecule has 0 radical (unpaired) electrons. The quantitative estimate of drug-likeness (QED) is 0.776. The fraction of sp³-hybridized carbons (Fsp3) is 0.409. The molecule has 1 amide bonds. The first-order valence-electron chi connectivity index (χ1n) is 9.80. The van der Waals surface area contributed by atoms with Gasteiger partial charge in [0, 0.05) is 11.7 Å². The molecular formula is C22H26N2O3S. The lowest BCUT2D eigenvalue weighted by Crippen LogP contribution is -2.62. The number of piperazine rings is 1. The Bertz CT molecular complexity index is 959. The average molecular weight is 399 g/mol. The number of carbonyl (C=O) groups is 1. The van der Waals surface area contributed by atoms with Crippen LogP contribution in [0.25, 0.3) is 0 Å². The Labute approximate surface area is 166 Å². The highest BCUT2D eigenvalue weighted by Crippen LogP contribution is 2.32. The fourth-order valence-corrected chi connectivity index (χ4v) is 6.43. The maximum absolute atomic E-state index is 13.0. The first-order valence-corrected chi connectivity index (χ1v) is 11.6. The van der Waals surface area contributed by atoms with Crippen molar-refractivity contribution in [2.75, 3.05) is 29.5 Å². The third-order valence-corrected chi connectivity index (χ3v) is 7.43. The summed E-state index contributed by atoms with van der Waals surface area (Å²) in [5.74, 6) is 0.175. The second kappa shape index (κ2) is 7.68. The summed E-state index contributed by atoms with van der Waals surface area (Å²) in [5.41, 5.74) is 3.14. The van der Waals surface area contributed by atoms with Crippen LogP contribution in [0.3, 0.4) is 0 Å². The molecule has 2 aromatic carbocycles. The van der Waals surface area contributed by atoms with Gasteiger partial charge in [0.25, 0.3) is 0 Å². The smallest absolute Gasteiger partial charge is 0.241 e. The summed E-state index contributed by atoms with van der Waals surface area (Å²) in [6.45, 7) is 3.00. The molecule has 2 atom stereocenters. The van der Waals surface area contributed by atoms with E-state index in [1.54, 1.807) is 4.90 Å². The van der Waals surface area contributed by atoms with Gasteiger partial charge in [-0.3, -0.25) is 9.69 Å². The van der Waals surface area contributed by atoms with Gasteiger partial charge in [0.1, 0.15) is 0 Å². The predicted molar refractivity (Wildman–Crippen MR) is 111 cm³/mol. The summed E-state index contributed by atoms with van der Waals surface area (Å²) in [6.07, 6.45) is 1.84. The fourth-order valence-electron chi connectivity index (χ4n) is 4.45. The Morgan fingerprint density at radius 1 is 1.00 bits per heavy atom. The van der Waals surface area contributed by atoms with Crippen molar-refractivity contribution in [3.8, 4) is 0 Å². The zero-order valence-electron chi connectivity index (χ0n) is 16.1. The van der Waals surface area contributed by atoms with Gasteiger partial charge in [0.15, 0.2) is 9.84 Å². The number of anilines is 1. The standard InChI is InChI=1S/C22H26N2O3S/c1-17-7-5-11-19(13-17)24-21-16-28(26,27)15-20(21)23(14-22(24)25)12-6-10-18-8-3-2-4-9-18/h2-5,7-9,11,13,20-21H,6,10,12,14-16H2,1H3. The van der Waals surface area contributed by atoms with E-state index in [1.807, 2.05) is 49.4 Å². The second-order valence-corrected chi connectivity index (χ2v) is 10.0. The van der Waals surface area contributed by atoms with E-state index in [2.05, 4.69) is 17.0 Å². The van der Waals surface area contributed by atoms with E-state index in [-0.39, 0.29) is 36.0 Å². The van der Waals surface area contributed by atoms with Crippen molar-refractivity contribution in [1.29, 1.82) is 0 Å². The maximum Gasteiger partial charge on any atom is 0.241 e. The molecule has 0 saturated carbocycles. The van der Waals surface area contributed by atoms with Crippen LogP contribution in [0, 0.1) is 6.92 Å². The largest absolute Gasteiger partial charge is 0.306 e. The Kier molecular flexibility index (Phi) is 5.25. The molecule has 2 heterocycles. The summed E-state index contributed by atoms with van der Waals surface area (Å²) >= 11 is 0. The molecule has 0 aromatic heterocycles. The van der Waals surface area contributed by atoms with Crippen LogP contribution < -0.4 is 4.90 Å². The molecule has 2 aromatic rings. The van der Waals surface area contributed by atoms with Crippen molar-refractivity contribution in [3.63, 3.8) is 0 Å². The van der Waals surface area contributed by atoms with Gasteiger partial charge >= 0.3 is 0 Å².